The van der Waals surface area contributed by atoms with Crippen LogP contribution in [-0.2, 0) is 0 Å². The van der Waals surface area contributed by atoms with Gasteiger partial charge in [-0.25, -0.2) is 0 Å². The maximum atomic E-state index is 13.1. The quantitative estimate of drug-likeness (QED) is 0.761. The molecule has 124 valence electrons. The molecule has 24 heavy (non-hydrogen) atoms. The van der Waals surface area contributed by atoms with E-state index < -0.39 is 0 Å². The minimum absolute atomic E-state index is 0.104. The molecule has 0 aliphatic rings. The van der Waals surface area contributed by atoms with Gasteiger partial charge in [0.15, 0.2) is 0 Å². The second kappa shape index (κ2) is 9.31. The van der Waals surface area contributed by atoms with Gasteiger partial charge in [0.1, 0.15) is 0 Å². The zero-order valence-corrected chi connectivity index (χ0v) is 14.8. The van der Waals surface area contributed by atoms with Crippen LogP contribution in [0.1, 0.15) is 20.8 Å². The first-order chi connectivity index (χ1) is 11.6. The number of pyridine rings is 1. The highest BCUT2D eigenvalue weighted by molar-refractivity contribution is 5.60. The van der Waals surface area contributed by atoms with Gasteiger partial charge in [-0.2, -0.15) is 0 Å². The van der Waals surface area contributed by atoms with E-state index in [1.54, 1.807) is 28.9 Å². The lowest BCUT2D eigenvalue weighted by molar-refractivity contribution is 0.943. The molecule has 2 heteroatoms. The molecule has 0 radical (unpaired) electrons. The van der Waals surface area contributed by atoms with Gasteiger partial charge in [-0.15, -0.1) is 0 Å². The predicted molar refractivity (Wildman–Crippen MR) is 108 cm³/mol. The minimum atomic E-state index is -0.104. The molecule has 0 unspecified atom stereocenters. The molecule has 0 saturated heterocycles. The average Bonchev–Trinajstić information content (AvgIpc) is 2.59. The normalized spacial score (nSPS) is 15.4. The Morgan fingerprint density at radius 2 is 1.54 bits per heavy atom. The summed E-state index contributed by atoms with van der Waals surface area (Å²) in [6.07, 6.45) is 18.2. The second-order valence-corrected chi connectivity index (χ2v) is 4.97. The van der Waals surface area contributed by atoms with Gasteiger partial charge >= 0.3 is 0 Å². The van der Waals surface area contributed by atoms with E-state index in [2.05, 4.69) is 19.7 Å². The average molecular weight is 319 g/mol. The third kappa shape index (κ3) is 3.72. The van der Waals surface area contributed by atoms with E-state index in [1.807, 2.05) is 57.2 Å². The first-order valence-corrected chi connectivity index (χ1v) is 7.90. The van der Waals surface area contributed by atoms with Crippen molar-refractivity contribution in [3.8, 4) is 0 Å². The fourth-order valence-electron chi connectivity index (χ4n) is 2.60. The van der Waals surface area contributed by atoms with Crippen LogP contribution in [0.25, 0.3) is 30.0 Å². The van der Waals surface area contributed by atoms with Crippen molar-refractivity contribution in [3.63, 3.8) is 0 Å². The van der Waals surface area contributed by atoms with Crippen LogP contribution in [-0.4, -0.2) is 4.57 Å². The van der Waals surface area contributed by atoms with E-state index in [4.69, 9.17) is 0 Å². The van der Waals surface area contributed by atoms with Crippen LogP contribution in [0.2, 0.25) is 0 Å². The van der Waals surface area contributed by atoms with Crippen molar-refractivity contribution < 1.29 is 0 Å². The summed E-state index contributed by atoms with van der Waals surface area (Å²) in [5.74, 6) is 0. The Morgan fingerprint density at radius 3 is 2.00 bits per heavy atom. The molecule has 0 fully saturated rings. The molecule has 1 aromatic rings. The van der Waals surface area contributed by atoms with Gasteiger partial charge in [-0.05, 0) is 44.2 Å². The fraction of sp³-hybridized carbons (Fsp3) is 0.136. The molecule has 1 heterocycles. The first-order valence-electron chi connectivity index (χ1n) is 7.90. The van der Waals surface area contributed by atoms with E-state index in [-0.39, 0.29) is 5.56 Å². The van der Waals surface area contributed by atoms with Crippen molar-refractivity contribution in [1.82, 2.24) is 4.57 Å². The maximum absolute atomic E-state index is 13.1. The van der Waals surface area contributed by atoms with Crippen molar-refractivity contribution in [2.24, 2.45) is 0 Å². The monoisotopic (exact) mass is 319 g/mol. The van der Waals surface area contributed by atoms with Gasteiger partial charge in [-0.1, -0.05) is 62.3 Å². The van der Waals surface area contributed by atoms with E-state index in [1.165, 1.54) is 0 Å². The van der Waals surface area contributed by atoms with E-state index in [0.717, 1.165) is 15.8 Å². The molecular weight excluding hydrogens is 294 g/mol. The first kappa shape index (κ1) is 19.2. The molecule has 0 bridgehead atoms. The molecule has 0 N–H and O–H groups in total. The lowest BCUT2D eigenvalue weighted by atomic mass is 10.1. The molecule has 0 saturated carbocycles. The van der Waals surface area contributed by atoms with Gasteiger partial charge in [0.25, 0.3) is 5.56 Å². The van der Waals surface area contributed by atoms with Crippen LogP contribution in [0.5, 0.6) is 0 Å². The molecule has 0 spiro atoms. The number of hydrogen-bond donors (Lipinski definition) is 0. The van der Waals surface area contributed by atoms with Crippen LogP contribution in [0.3, 0.4) is 0 Å². The van der Waals surface area contributed by atoms with Crippen molar-refractivity contribution in [2.45, 2.75) is 20.8 Å². The van der Waals surface area contributed by atoms with Crippen LogP contribution >= 0.6 is 0 Å². The summed E-state index contributed by atoms with van der Waals surface area (Å²) >= 11 is 0. The molecular formula is C22H25NO. The maximum Gasteiger partial charge on any atom is 0.263 e. The zero-order valence-electron chi connectivity index (χ0n) is 14.8. The molecule has 0 aliphatic heterocycles. The number of rotatable bonds is 5. The molecule has 0 aliphatic carbocycles. The van der Waals surface area contributed by atoms with E-state index >= 15 is 0 Å². The molecule has 2 nitrogen and oxygen atoms in total. The Morgan fingerprint density at radius 1 is 0.917 bits per heavy atom. The van der Waals surface area contributed by atoms with Gasteiger partial charge in [0.2, 0.25) is 0 Å². The Hall–Kier alpha value is -2.87. The van der Waals surface area contributed by atoms with Crippen molar-refractivity contribution in [1.29, 1.82) is 0 Å². The Kier molecular flexibility index (Phi) is 7.44. The molecule has 1 rings (SSSR count). The summed E-state index contributed by atoms with van der Waals surface area (Å²) < 4.78 is 1.67. The minimum Gasteiger partial charge on any atom is -0.277 e. The van der Waals surface area contributed by atoms with E-state index in [9.17, 15) is 4.79 Å². The lowest BCUT2D eigenvalue weighted by Crippen LogP contribution is -2.61. The third-order valence-corrected chi connectivity index (χ3v) is 3.59. The van der Waals surface area contributed by atoms with E-state index in [0.29, 0.717) is 10.9 Å². The zero-order chi connectivity index (χ0) is 18.1. The van der Waals surface area contributed by atoms with Crippen molar-refractivity contribution in [2.75, 3.05) is 0 Å². The fourth-order valence-corrected chi connectivity index (χ4v) is 2.60. The highest BCUT2D eigenvalue weighted by atomic mass is 16.1. The Balaban J connectivity index is 4.45. The lowest BCUT2D eigenvalue weighted by Gasteiger charge is -2.10. The van der Waals surface area contributed by atoms with Crippen molar-refractivity contribution >= 4 is 30.0 Å². The topological polar surface area (TPSA) is 22.0 Å². The number of allylic oxidation sites excluding steroid dienone is 7. The SMILES string of the molecule is C=C/C=c1/c(=C/C)/c(=C\C=C)c(=O)n(/C(C=C)=C/C=C\C)/c1=C/C. The standard InChI is InChI=1S/C22H25NO/c1-7-13-16-17(10-4)23-21(12-6)19(14-8-2)18(11-5)20(15-9-3)22(23)24/h7-16H,2-4H2,1,5-6H3/b13-7-,17-16+,18-11-,19-14-,20-15+,21-12+. The number of nitrogens with zero attached hydrogens (tertiary/aromatic N) is 1. The summed E-state index contributed by atoms with van der Waals surface area (Å²) in [5, 5.41) is 3.22. The van der Waals surface area contributed by atoms with Gasteiger partial charge in [0.05, 0.1) is 5.35 Å². The van der Waals surface area contributed by atoms with Gasteiger partial charge < -0.3 is 0 Å². The molecule has 1 aromatic heterocycles. The summed E-state index contributed by atoms with van der Waals surface area (Å²) in [5.41, 5.74) is 0.610. The van der Waals surface area contributed by atoms with Gasteiger partial charge in [0, 0.05) is 16.1 Å². The number of hydrogen-bond acceptors (Lipinski definition) is 1. The third-order valence-electron chi connectivity index (χ3n) is 3.59. The Labute approximate surface area is 143 Å². The largest absolute Gasteiger partial charge is 0.277 e. The Bertz CT molecular complexity index is 996. The summed E-state index contributed by atoms with van der Waals surface area (Å²) in [4.78, 5) is 13.1. The highest BCUT2D eigenvalue weighted by Crippen LogP contribution is 1.98. The van der Waals surface area contributed by atoms with Crippen LogP contribution < -0.4 is 26.6 Å². The molecule has 0 aromatic carbocycles. The summed E-state index contributed by atoms with van der Waals surface area (Å²) in [6, 6.07) is 0. The van der Waals surface area contributed by atoms with Gasteiger partial charge in [-0.3, -0.25) is 9.36 Å². The second-order valence-electron chi connectivity index (χ2n) is 4.97. The smallest absolute Gasteiger partial charge is 0.263 e. The van der Waals surface area contributed by atoms with Crippen LogP contribution in [0, 0.1) is 0 Å². The highest BCUT2D eigenvalue weighted by Gasteiger charge is 2.06. The molecule has 0 atom stereocenters. The summed E-state index contributed by atoms with van der Waals surface area (Å²) in [7, 11) is 0. The molecule has 0 amide bonds. The van der Waals surface area contributed by atoms with Crippen molar-refractivity contribution in [3.05, 3.63) is 87.6 Å². The van der Waals surface area contributed by atoms with Crippen LogP contribution in [0.4, 0.5) is 0 Å². The summed E-state index contributed by atoms with van der Waals surface area (Å²) in [6.45, 7) is 17.2. The number of aromatic nitrogens is 1. The predicted octanol–water partition coefficient (Wildman–Crippen LogP) is 1.99. The van der Waals surface area contributed by atoms with Crippen LogP contribution in [0.15, 0.2) is 61.0 Å².